The predicted molar refractivity (Wildman–Crippen MR) is 108 cm³/mol. The van der Waals surface area contributed by atoms with E-state index in [0.717, 1.165) is 5.56 Å². The first-order chi connectivity index (χ1) is 12.4. The van der Waals surface area contributed by atoms with Crippen LogP contribution in [0, 0.1) is 0 Å². The fraction of sp³-hybridized carbons (Fsp3) is 0.353. The lowest BCUT2D eigenvalue weighted by Gasteiger charge is -2.14. The third-order valence-corrected chi connectivity index (χ3v) is 5.35. The smallest absolute Gasteiger partial charge is 0.343 e. The minimum Gasteiger partial charge on any atom is -0.490 e. The summed E-state index contributed by atoms with van der Waals surface area (Å²) in [5, 5.41) is 0. The number of rotatable bonds is 7. The molecule has 1 fully saturated rings. The minimum absolute atomic E-state index is 0.109. The molecule has 1 amide bonds. The number of ether oxygens (including phenoxy) is 3. The molecule has 0 atom stereocenters. The molecule has 0 radical (unpaired) electrons. The molecule has 6 nitrogen and oxygen atoms in total. The van der Waals surface area contributed by atoms with Crippen LogP contribution in [0.3, 0.4) is 0 Å². The first-order valence-corrected chi connectivity index (χ1v) is 9.84. The van der Waals surface area contributed by atoms with E-state index in [0.29, 0.717) is 38.3 Å². The van der Waals surface area contributed by atoms with Crippen molar-refractivity contribution in [1.82, 2.24) is 4.90 Å². The number of halogens is 1. The van der Waals surface area contributed by atoms with Gasteiger partial charge in [0, 0.05) is 6.54 Å². The molecule has 0 N–H and O–H groups in total. The number of esters is 1. The number of benzene rings is 1. The van der Waals surface area contributed by atoms with Crippen molar-refractivity contribution in [3.63, 3.8) is 0 Å². The molecule has 1 saturated heterocycles. The maximum atomic E-state index is 12.4. The van der Waals surface area contributed by atoms with Gasteiger partial charge in [-0.25, -0.2) is 4.79 Å². The second-order valence-electron chi connectivity index (χ2n) is 5.05. The number of hydrogen-bond donors (Lipinski definition) is 0. The molecule has 1 aliphatic heterocycles. The van der Waals surface area contributed by atoms with Gasteiger partial charge >= 0.3 is 5.97 Å². The number of thioether (sulfide) groups is 1. The second-order valence-corrected chi connectivity index (χ2v) is 7.58. The van der Waals surface area contributed by atoms with Crippen LogP contribution in [0.15, 0.2) is 21.5 Å². The van der Waals surface area contributed by atoms with Crippen LogP contribution in [-0.2, 0) is 14.3 Å². The average molecular weight is 460 g/mol. The molecule has 1 aromatic rings. The van der Waals surface area contributed by atoms with Crippen LogP contribution in [-0.4, -0.2) is 48.0 Å². The normalized spacial score (nSPS) is 15.5. The highest BCUT2D eigenvalue weighted by Crippen LogP contribution is 2.39. The number of thiocarbonyl (C=S) groups is 1. The molecular formula is C17H18BrNO5S2. The first kappa shape index (κ1) is 20.7. The van der Waals surface area contributed by atoms with E-state index in [1.54, 1.807) is 23.1 Å². The summed E-state index contributed by atoms with van der Waals surface area (Å²) in [7, 11) is 1.29. The third-order valence-electron chi connectivity index (χ3n) is 3.38. The Balaban J connectivity index is 2.33. The minimum atomic E-state index is -0.494. The van der Waals surface area contributed by atoms with Gasteiger partial charge in [0.1, 0.15) is 4.32 Å². The van der Waals surface area contributed by atoms with Gasteiger partial charge in [-0.3, -0.25) is 9.69 Å². The predicted octanol–water partition coefficient (Wildman–Crippen LogP) is 3.62. The highest BCUT2D eigenvalue weighted by atomic mass is 79.9. The lowest BCUT2D eigenvalue weighted by Crippen LogP contribution is -2.27. The molecule has 0 bridgehead atoms. The Kier molecular flexibility index (Phi) is 7.48. The summed E-state index contributed by atoms with van der Waals surface area (Å²) >= 11 is 9.92. The van der Waals surface area contributed by atoms with Gasteiger partial charge in [-0.05, 0) is 53.5 Å². The summed E-state index contributed by atoms with van der Waals surface area (Å²) in [4.78, 5) is 25.8. The fourth-order valence-electron chi connectivity index (χ4n) is 2.19. The number of carbonyl (C=O) groups excluding carboxylic acids is 2. The Labute approximate surface area is 170 Å². The van der Waals surface area contributed by atoms with Gasteiger partial charge in [-0.1, -0.05) is 24.0 Å². The summed E-state index contributed by atoms with van der Waals surface area (Å²) < 4.78 is 16.8. The molecule has 26 heavy (non-hydrogen) atoms. The third kappa shape index (κ3) is 4.77. The SMILES string of the molecule is CCOc1cc(/C=C2/SC(=S)N(CC)C2=O)cc(Br)c1OCC(=O)OC. The molecule has 0 aromatic heterocycles. The monoisotopic (exact) mass is 459 g/mol. The van der Waals surface area contributed by atoms with E-state index in [9.17, 15) is 9.59 Å². The zero-order valence-electron chi connectivity index (χ0n) is 14.5. The second kappa shape index (κ2) is 9.38. The van der Waals surface area contributed by atoms with Crippen molar-refractivity contribution in [1.29, 1.82) is 0 Å². The Bertz CT molecular complexity index is 766. The Morgan fingerprint density at radius 1 is 1.35 bits per heavy atom. The maximum Gasteiger partial charge on any atom is 0.343 e. The largest absolute Gasteiger partial charge is 0.490 e. The molecule has 2 rings (SSSR count). The van der Waals surface area contributed by atoms with Crippen molar-refractivity contribution in [2.75, 3.05) is 26.9 Å². The number of methoxy groups -OCH3 is 1. The lowest BCUT2D eigenvalue weighted by molar-refractivity contribution is -0.143. The van der Waals surface area contributed by atoms with Crippen LogP contribution < -0.4 is 9.47 Å². The van der Waals surface area contributed by atoms with Gasteiger partial charge < -0.3 is 14.2 Å². The van der Waals surface area contributed by atoms with Crippen LogP contribution in [0.2, 0.25) is 0 Å². The topological polar surface area (TPSA) is 65.1 Å². The molecule has 0 saturated carbocycles. The highest BCUT2D eigenvalue weighted by Gasteiger charge is 2.30. The molecule has 0 unspecified atom stereocenters. The van der Waals surface area contributed by atoms with E-state index >= 15 is 0 Å². The molecule has 9 heteroatoms. The summed E-state index contributed by atoms with van der Waals surface area (Å²) in [6.45, 7) is 4.45. The molecule has 140 valence electrons. The molecule has 1 aromatic carbocycles. The van der Waals surface area contributed by atoms with Crippen molar-refractivity contribution < 1.29 is 23.8 Å². The quantitative estimate of drug-likeness (QED) is 0.350. The van der Waals surface area contributed by atoms with Crippen LogP contribution in [0.1, 0.15) is 19.4 Å². The molecular weight excluding hydrogens is 442 g/mol. The van der Waals surface area contributed by atoms with E-state index in [1.165, 1.54) is 18.9 Å². The van der Waals surface area contributed by atoms with Gasteiger partial charge in [0.05, 0.1) is 23.1 Å². The van der Waals surface area contributed by atoms with E-state index in [4.69, 9.17) is 21.7 Å². The van der Waals surface area contributed by atoms with Crippen molar-refractivity contribution in [2.24, 2.45) is 0 Å². The van der Waals surface area contributed by atoms with E-state index in [1.807, 2.05) is 13.8 Å². The number of carbonyl (C=O) groups is 2. The fourth-order valence-corrected chi connectivity index (χ4v) is 4.15. The van der Waals surface area contributed by atoms with Gasteiger partial charge in [0.2, 0.25) is 0 Å². The van der Waals surface area contributed by atoms with Crippen LogP contribution >= 0.6 is 39.9 Å². The zero-order valence-corrected chi connectivity index (χ0v) is 17.8. The summed E-state index contributed by atoms with van der Waals surface area (Å²) in [6.07, 6.45) is 1.76. The first-order valence-electron chi connectivity index (χ1n) is 7.82. The lowest BCUT2D eigenvalue weighted by atomic mass is 10.2. The number of likely N-dealkylation sites (N-methyl/N-ethyl adjacent to an activating group) is 1. The van der Waals surface area contributed by atoms with Crippen molar-refractivity contribution >= 4 is 62.2 Å². The number of nitrogens with zero attached hydrogens (tertiary/aromatic N) is 1. The van der Waals surface area contributed by atoms with Gasteiger partial charge in [0.25, 0.3) is 5.91 Å². The summed E-state index contributed by atoms with van der Waals surface area (Å²) in [5.41, 5.74) is 0.752. The van der Waals surface area contributed by atoms with Crippen LogP contribution in [0.25, 0.3) is 6.08 Å². The van der Waals surface area contributed by atoms with Gasteiger partial charge in [-0.2, -0.15) is 0 Å². The van der Waals surface area contributed by atoms with E-state index in [-0.39, 0.29) is 12.5 Å². The van der Waals surface area contributed by atoms with Gasteiger partial charge in [-0.15, -0.1) is 0 Å². The van der Waals surface area contributed by atoms with E-state index < -0.39 is 5.97 Å². The van der Waals surface area contributed by atoms with E-state index in [2.05, 4.69) is 20.7 Å². The molecule has 0 spiro atoms. The maximum absolute atomic E-state index is 12.4. The Hall–Kier alpha value is -1.58. The molecule has 1 heterocycles. The Morgan fingerprint density at radius 3 is 2.65 bits per heavy atom. The molecule has 1 aliphatic rings. The van der Waals surface area contributed by atoms with Crippen molar-refractivity contribution in [3.8, 4) is 11.5 Å². The average Bonchev–Trinajstić information content (AvgIpc) is 2.87. The van der Waals surface area contributed by atoms with Crippen LogP contribution in [0.5, 0.6) is 11.5 Å². The summed E-state index contributed by atoms with van der Waals surface area (Å²) in [5.74, 6) is 0.257. The zero-order chi connectivity index (χ0) is 19.3. The number of amides is 1. The van der Waals surface area contributed by atoms with Crippen molar-refractivity contribution in [2.45, 2.75) is 13.8 Å². The Morgan fingerprint density at radius 2 is 2.08 bits per heavy atom. The van der Waals surface area contributed by atoms with Crippen molar-refractivity contribution in [3.05, 3.63) is 27.1 Å². The van der Waals surface area contributed by atoms with Gasteiger partial charge in [0.15, 0.2) is 18.1 Å². The standard InChI is InChI=1S/C17H18BrNO5S2/c1-4-19-16(21)13(26-17(19)25)8-10-6-11(18)15(12(7-10)23-5-2)24-9-14(20)22-3/h6-8H,4-5,9H2,1-3H3/b13-8+. The van der Waals surface area contributed by atoms with Crippen LogP contribution in [0.4, 0.5) is 0 Å². The summed E-state index contributed by atoms with van der Waals surface area (Å²) in [6, 6.07) is 3.53. The highest BCUT2D eigenvalue weighted by molar-refractivity contribution is 9.10. The number of hydrogen-bond acceptors (Lipinski definition) is 7. The molecule has 0 aliphatic carbocycles.